The summed E-state index contributed by atoms with van der Waals surface area (Å²) < 4.78 is 24.9. The molecule has 1 fully saturated rings. The van der Waals surface area contributed by atoms with Crippen LogP contribution in [0.4, 0.5) is 17.1 Å². The van der Waals surface area contributed by atoms with Gasteiger partial charge in [0.05, 0.1) is 16.5 Å². The van der Waals surface area contributed by atoms with Crippen LogP contribution in [-0.4, -0.2) is 31.9 Å². The van der Waals surface area contributed by atoms with E-state index in [-0.39, 0.29) is 34.4 Å². The predicted molar refractivity (Wildman–Crippen MR) is 106 cm³/mol. The van der Waals surface area contributed by atoms with Crippen molar-refractivity contribution in [2.24, 2.45) is 0 Å². The van der Waals surface area contributed by atoms with Crippen molar-refractivity contribution in [2.75, 3.05) is 20.7 Å². The Balaban J connectivity index is 1.88. The minimum Gasteiger partial charge on any atom is -0.326 e. The molecule has 1 aliphatic heterocycles. The lowest BCUT2D eigenvalue weighted by molar-refractivity contribution is -0.116. The van der Waals surface area contributed by atoms with Gasteiger partial charge in [-0.25, -0.2) is 12.7 Å². The molecule has 2 N–H and O–H groups in total. The first-order valence-electron chi connectivity index (χ1n) is 8.22. The van der Waals surface area contributed by atoms with Crippen molar-refractivity contribution in [3.63, 3.8) is 0 Å². The van der Waals surface area contributed by atoms with Crippen LogP contribution >= 0.6 is 11.6 Å². The third-order valence-corrected chi connectivity index (χ3v) is 5.94. The highest BCUT2D eigenvalue weighted by molar-refractivity contribution is 7.94. The summed E-state index contributed by atoms with van der Waals surface area (Å²) in [4.78, 5) is 35.7. The molecular formula is C18H16ClN3O5S. The zero-order valence-electron chi connectivity index (χ0n) is 14.7. The molecule has 3 amide bonds. The molecule has 0 radical (unpaired) electrons. The number of nitrogens with zero attached hydrogens (tertiary/aromatic N) is 1. The van der Waals surface area contributed by atoms with Crippen LogP contribution in [0.5, 0.6) is 0 Å². The van der Waals surface area contributed by atoms with E-state index in [9.17, 15) is 22.8 Å². The third kappa shape index (κ3) is 4.15. The van der Waals surface area contributed by atoms with Crippen molar-refractivity contribution in [3.05, 3.63) is 53.1 Å². The fraction of sp³-hybridized carbons (Fsp3) is 0.167. The molecule has 0 aromatic heterocycles. The van der Waals surface area contributed by atoms with Gasteiger partial charge >= 0.3 is 0 Å². The SMILES string of the molecule is CC(=O)Nc1cccc(NC(=O)c2ccc(Cl)c(N3C(=O)CCS3(=O)=O)c2)c1. The van der Waals surface area contributed by atoms with Gasteiger partial charge < -0.3 is 10.6 Å². The normalized spacial score (nSPS) is 15.4. The van der Waals surface area contributed by atoms with E-state index in [0.29, 0.717) is 15.7 Å². The number of anilines is 3. The average Bonchev–Trinajstić information content (AvgIpc) is 2.88. The van der Waals surface area contributed by atoms with Crippen molar-refractivity contribution >= 4 is 56.4 Å². The van der Waals surface area contributed by atoms with E-state index >= 15 is 0 Å². The Morgan fingerprint density at radius 2 is 1.75 bits per heavy atom. The number of hydrogen-bond acceptors (Lipinski definition) is 5. The van der Waals surface area contributed by atoms with Gasteiger partial charge in [-0.3, -0.25) is 14.4 Å². The molecule has 8 nitrogen and oxygen atoms in total. The smallest absolute Gasteiger partial charge is 0.255 e. The predicted octanol–water partition coefficient (Wildman–Crippen LogP) is 2.62. The summed E-state index contributed by atoms with van der Waals surface area (Å²) in [5.41, 5.74) is 1.01. The summed E-state index contributed by atoms with van der Waals surface area (Å²) in [5, 5.41) is 5.31. The Hall–Kier alpha value is -2.91. The average molecular weight is 422 g/mol. The second-order valence-corrected chi connectivity index (χ2v) is 8.45. The van der Waals surface area contributed by atoms with Crippen molar-refractivity contribution in [2.45, 2.75) is 13.3 Å². The maximum atomic E-state index is 12.6. The quantitative estimate of drug-likeness (QED) is 0.787. The molecule has 0 aliphatic carbocycles. The molecule has 28 heavy (non-hydrogen) atoms. The van der Waals surface area contributed by atoms with E-state index in [1.54, 1.807) is 24.3 Å². The second-order valence-electron chi connectivity index (χ2n) is 6.11. The summed E-state index contributed by atoms with van der Waals surface area (Å²) >= 11 is 6.07. The lowest BCUT2D eigenvalue weighted by Crippen LogP contribution is -2.29. The Kier molecular flexibility index (Phi) is 5.39. The molecule has 2 aromatic rings. The standard InChI is InChI=1S/C18H16ClN3O5S/c1-11(23)20-13-3-2-4-14(10-13)21-18(25)12-5-6-15(19)16(9-12)22-17(24)7-8-28(22,26)27/h2-6,9-10H,7-8H2,1H3,(H,20,23)(H,21,25). The number of benzene rings is 2. The summed E-state index contributed by atoms with van der Waals surface area (Å²) in [6.07, 6.45) is -0.134. The van der Waals surface area contributed by atoms with E-state index < -0.39 is 21.8 Å². The molecular weight excluding hydrogens is 406 g/mol. The van der Waals surface area contributed by atoms with Crippen molar-refractivity contribution in [3.8, 4) is 0 Å². The van der Waals surface area contributed by atoms with Gasteiger partial charge in [0.1, 0.15) is 0 Å². The van der Waals surface area contributed by atoms with Gasteiger partial charge in [0.2, 0.25) is 21.8 Å². The van der Waals surface area contributed by atoms with E-state index in [4.69, 9.17) is 11.6 Å². The van der Waals surface area contributed by atoms with E-state index in [0.717, 1.165) is 0 Å². The molecule has 0 bridgehead atoms. The lowest BCUT2D eigenvalue weighted by atomic mass is 10.1. The van der Waals surface area contributed by atoms with Gasteiger partial charge in [-0.15, -0.1) is 0 Å². The molecule has 1 heterocycles. The number of sulfonamides is 1. The monoisotopic (exact) mass is 421 g/mol. The van der Waals surface area contributed by atoms with E-state index in [1.165, 1.54) is 25.1 Å². The number of nitrogens with one attached hydrogen (secondary N) is 2. The second kappa shape index (κ2) is 7.61. The zero-order valence-corrected chi connectivity index (χ0v) is 16.3. The zero-order chi connectivity index (χ0) is 20.5. The van der Waals surface area contributed by atoms with Crippen LogP contribution in [0.2, 0.25) is 5.02 Å². The number of carbonyl (C=O) groups excluding carboxylic acids is 3. The maximum absolute atomic E-state index is 12.6. The van der Waals surface area contributed by atoms with Gasteiger partial charge in [0.15, 0.2) is 0 Å². The summed E-state index contributed by atoms with van der Waals surface area (Å²) in [6.45, 7) is 1.37. The molecule has 1 aliphatic rings. The molecule has 3 rings (SSSR count). The first-order valence-corrected chi connectivity index (χ1v) is 10.2. The molecule has 0 saturated carbocycles. The van der Waals surface area contributed by atoms with Crippen LogP contribution in [0, 0.1) is 0 Å². The van der Waals surface area contributed by atoms with Gasteiger partial charge in [0.25, 0.3) is 5.91 Å². The van der Waals surface area contributed by atoms with E-state index in [2.05, 4.69) is 10.6 Å². The lowest BCUT2D eigenvalue weighted by Gasteiger charge is -2.17. The Bertz CT molecular complexity index is 1080. The first-order chi connectivity index (χ1) is 13.2. The number of hydrogen-bond donors (Lipinski definition) is 2. The molecule has 146 valence electrons. The van der Waals surface area contributed by atoms with Crippen molar-refractivity contribution in [1.29, 1.82) is 0 Å². The number of amides is 3. The van der Waals surface area contributed by atoms with Crippen LogP contribution in [0.1, 0.15) is 23.7 Å². The van der Waals surface area contributed by atoms with Gasteiger partial charge in [0, 0.05) is 30.3 Å². The van der Waals surface area contributed by atoms with Crippen molar-refractivity contribution < 1.29 is 22.8 Å². The highest BCUT2D eigenvalue weighted by Gasteiger charge is 2.37. The Morgan fingerprint density at radius 1 is 1.07 bits per heavy atom. The molecule has 0 atom stereocenters. The third-order valence-electron chi connectivity index (χ3n) is 3.95. The fourth-order valence-electron chi connectivity index (χ4n) is 2.74. The van der Waals surface area contributed by atoms with Gasteiger partial charge in [-0.05, 0) is 36.4 Å². The molecule has 2 aromatic carbocycles. The van der Waals surface area contributed by atoms with Crippen LogP contribution in [-0.2, 0) is 19.6 Å². The van der Waals surface area contributed by atoms with E-state index in [1.807, 2.05) is 0 Å². The largest absolute Gasteiger partial charge is 0.326 e. The fourth-order valence-corrected chi connectivity index (χ4v) is 4.46. The highest BCUT2D eigenvalue weighted by Crippen LogP contribution is 2.33. The maximum Gasteiger partial charge on any atom is 0.255 e. The van der Waals surface area contributed by atoms with Gasteiger partial charge in [-0.1, -0.05) is 17.7 Å². The van der Waals surface area contributed by atoms with Crippen LogP contribution in [0.3, 0.4) is 0 Å². The molecule has 1 saturated heterocycles. The van der Waals surface area contributed by atoms with Crippen LogP contribution in [0.15, 0.2) is 42.5 Å². The topological polar surface area (TPSA) is 113 Å². The van der Waals surface area contributed by atoms with Crippen LogP contribution < -0.4 is 14.9 Å². The minimum atomic E-state index is -3.80. The molecule has 0 spiro atoms. The summed E-state index contributed by atoms with van der Waals surface area (Å²) in [7, 11) is -3.80. The summed E-state index contributed by atoms with van der Waals surface area (Å²) in [5.74, 6) is -1.67. The van der Waals surface area contributed by atoms with Crippen molar-refractivity contribution in [1.82, 2.24) is 0 Å². The molecule has 10 heteroatoms. The van der Waals surface area contributed by atoms with Crippen LogP contribution in [0.25, 0.3) is 0 Å². The summed E-state index contributed by atoms with van der Waals surface area (Å²) in [6, 6.07) is 10.6. The Morgan fingerprint density at radius 3 is 2.36 bits per heavy atom. The van der Waals surface area contributed by atoms with Gasteiger partial charge in [-0.2, -0.15) is 0 Å². The Labute approximate surface area is 166 Å². The number of carbonyl (C=O) groups is 3. The number of halogens is 1. The first kappa shape index (κ1) is 19.8. The molecule has 0 unspecified atom stereocenters. The highest BCUT2D eigenvalue weighted by atomic mass is 35.5. The minimum absolute atomic E-state index is 0.0445. The number of rotatable bonds is 4.